The lowest BCUT2D eigenvalue weighted by Crippen LogP contribution is -2.32. The van der Waals surface area contributed by atoms with Crippen molar-refractivity contribution in [1.82, 2.24) is 0 Å². The van der Waals surface area contributed by atoms with Crippen LogP contribution in [0, 0.1) is 0 Å². The molecule has 0 aromatic rings. The van der Waals surface area contributed by atoms with Gasteiger partial charge in [0.2, 0.25) is 0 Å². The van der Waals surface area contributed by atoms with E-state index < -0.39 is 0 Å². The van der Waals surface area contributed by atoms with Crippen molar-refractivity contribution in [1.29, 1.82) is 0 Å². The first-order chi connectivity index (χ1) is 7.31. The van der Waals surface area contributed by atoms with Gasteiger partial charge in [-0.25, -0.2) is 0 Å². The Hall–Kier alpha value is -0.200. The van der Waals surface area contributed by atoms with Gasteiger partial charge in [0.1, 0.15) is 18.3 Å². The fourth-order valence-corrected chi connectivity index (χ4v) is 1.30. The number of hydrogen-bond acceptors (Lipinski definition) is 5. The average Bonchev–Trinajstić information content (AvgIpc) is 3.06. The zero-order valence-corrected chi connectivity index (χ0v) is 9.60. The molecule has 0 aliphatic carbocycles. The molecule has 3 unspecified atom stereocenters. The van der Waals surface area contributed by atoms with Crippen LogP contribution in [0.15, 0.2) is 0 Å². The number of hydrogen-bond donors (Lipinski definition) is 0. The second-order valence-corrected chi connectivity index (χ2v) is 3.51. The SMILES string of the molecule is COCC(COC(COC)C1CO1)OC. The molecular formula is C10H20O5. The van der Waals surface area contributed by atoms with E-state index in [4.69, 9.17) is 23.7 Å². The van der Waals surface area contributed by atoms with Crippen LogP contribution in [0.2, 0.25) is 0 Å². The molecular weight excluding hydrogens is 200 g/mol. The third kappa shape index (κ3) is 4.90. The molecule has 0 aromatic heterocycles. The maximum atomic E-state index is 5.66. The van der Waals surface area contributed by atoms with E-state index in [0.717, 1.165) is 6.61 Å². The fraction of sp³-hybridized carbons (Fsp3) is 1.00. The Kier molecular flexibility index (Phi) is 6.12. The van der Waals surface area contributed by atoms with Crippen LogP contribution >= 0.6 is 0 Å². The first-order valence-electron chi connectivity index (χ1n) is 5.05. The number of epoxide rings is 1. The molecule has 1 aliphatic rings. The standard InChI is InChI=1S/C10H20O5/c1-11-4-8(13-3)5-14-9(6-12-2)10-7-15-10/h8-10H,4-7H2,1-3H3. The van der Waals surface area contributed by atoms with Crippen LogP contribution in [0.3, 0.4) is 0 Å². The Labute approximate surface area is 90.6 Å². The molecule has 0 saturated carbocycles. The molecule has 0 aromatic carbocycles. The summed E-state index contributed by atoms with van der Waals surface area (Å²) in [6, 6.07) is 0. The van der Waals surface area contributed by atoms with Gasteiger partial charge in [0, 0.05) is 21.3 Å². The molecule has 1 saturated heterocycles. The van der Waals surface area contributed by atoms with Crippen LogP contribution < -0.4 is 0 Å². The lowest BCUT2D eigenvalue weighted by Gasteiger charge is -2.19. The highest BCUT2D eigenvalue weighted by atomic mass is 16.6. The molecule has 90 valence electrons. The highest BCUT2D eigenvalue weighted by molar-refractivity contribution is 4.80. The molecule has 0 amide bonds. The Morgan fingerprint density at radius 1 is 1.13 bits per heavy atom. The second kappa shape index (κ2) is 7.14. The van der Waals surface area contributed by atoms with E-state index in [1.165, 1.54) is 0 Å². The van der Waals surface area contributed by atoms with Crippen molar-refractivity contribution in [2.45, 2.75) is 18.3 Å². The Balaban J connectivity index is 2.18. The summed E-state index contributed by atoms with van der Waals surface area (Å²) in [5.41, 5.74) is 0. The molecule has 3 atom stereocenters. The lowest BCUT2D eigenvalue weighted by molar-refractivity contribution is -0.0772. The molecule has 15 heavy (non-hydrogen) atoms. The van der Waals surface area contributed by atoms with E-state index in [-0.39, 0.29) is 18.3 Å². The summed E-state index contributed by atoms with van der Waals surface area (Å²) in [5, 5.41) is 0. The highest BCUT2D eigenvalue weighted by Crippen LogP contribution is 2.17. The molecule has 1 fully saturated rings. The highest BCUT2D eigenvalue weighted by Gasteiger charge is 2.34. The van der Waals surface area contributed by atoms with Crippen LogP contribution in [-0.2, 0) is 23.7 Å². The summed E-state index contributed by atoms with van der Waals surface area (Å²) in [7, 11) is 4.94. The van der Waals surface area contributed by atoms with E-state index in [1.807, 2.05) is 0 Å². The van der Waals surface area contributed by atoms with E-state index in [9.17, 15) is 0 Å². The van der Waals surface area contributed by atoms with Gasteiger partial charge in [-0.15, -0.1) is 0 Å². The Morgan fingerprint density at radius 2 is 1.80 bits per heavy atom. The van der Waals surface area contributed by atoms with Gasteiger partial charge >= 0.3 is 0 Å². The van der Waals surface area contributed by atoms with Crippen molar-refractivity contribution in [3.63, 3.8) is 0 Å². The van der Waals surface area contributed by atoms with E-state index in [0.29, 0.717) is 19.8 Å². The van der Waals surface area contributed by atoms with Crippen LogP contribution in [0.4, 0.5) is 0 Å². The van der Waals surface area contributed by atoms with Crippen LogP contribution in [0.25, 0.3) is 0 Å². The first kappa shape index (κ1) is 12.9. The topological polar surface area (TPSA) is 49.5 Å². The average molecular weight is 220 g/mol. The van der Waals surface area contributed by atoms with E-state index >= 15 is 0 Å². The molecule has 0 radical (unpaired) electrons. The summed E-state index contributed by atoms with van der Waals surface area (Å²) in [4.78, 5) is 0. The quantitative estimate of drug-likeness (QED) is 0.515. The monoisotopic (exact) mass is 220 g/mol. The zero-order chi connectivity index (χ0) is 11.1. The van der Waals surface area contributed by atoms with E-state index in [1.54, 1.807) is 21.3 Å². The molecule has 5 nitrogen and oxygen atoms in total. The van der Waals surface area contributed by atoms with Gasteiger partial charge in [-0.1, -0.05) is 0 Å². The second-order valence-electron chi connectivity index (χ2n) is 3.51. The third-order valence-corrected chi connectivity index (χ3v) is 2.29. The summed E-state index contributed by atoms with van der Waals surface area (Å²) >= 11 is 0. The number of ether oxygens (including phenoxy) is 5. The van der Waals surface area contributed by atoms with Crippen LogP contribution in [-0.4, -0.2) is 66.1 Å². The van der Waals surface area contributed by atoms with Gasteiger partial charge < -0.3 is 23.7 Å². The largest absolute Gasteiger partial charge is 0.382 e. The summed E-state index contributed by atoms with van der Waals surface area (Å²) in [5.74, 6) is 0. The van der Waals surface area contributed by atoms with Crippen molar-refractivity contribution >= 4 is 0 Å². The fourth-order valence-electron chi connectivity index (χ4n) is 1.30. The van der Waals surface area contributed by atoms with Gasteiger partial charge in [0.25, 0.3) is 0 Å². The van der Waals surface area contributed by atoms with Crippen molar-refractivity contribution < 1.29 is 23.7 Å². The molecule has 0 N–H and O–H groups in total. The Morgan fingerprint density at radius 3 is 2.27 bits per heavy atom. The van der Waals surface area contributed by atoms with Gasteiger partial charge in [-0.2, -0.15) is 0 Å². The smallest absolute Gasteiger partial charge is 0.109 e. The minimum absolute atomic E-state index is 0.00417. The predicted molar refractivity (Wildman–Crippen MR) is 54.0 cm³/mol. The third-order valence-electron chi connectivity index (χ3n) is 2.29. The van der Waals surface area contributed by atoms with Crippen LogP contribution in [0.5, 0.6) is 0 Å². The first-order valence-corrected chi connectivity index (χ1v) is 5.05. The van der Waals surface area contributed by atoms with Gasteiger partial charge in [-0.3, -0.25) is 0 Å². The van der Waals surface area contributed by atoms with Gasteiger partial charge in [0.15, 0.2) is 0 Å². The predicted octanol–water partition coefficient (Wildman–Crippen LogP) is 0.0782. The molecule has 1 heterocycles. The van der Waals surface area contributed by atoms with Gasteiger partial charge in [0.05, 0.1) is 26.4 Å². The summed E-state index contributed by atoms with van der Waals surface area (Å²) < 4.78 is 26.1. The molecule has 1 aliphatic heterocycles. The maximum Gasteiger partial charge on any atom is 0.109 e. The van der Waals surface area contributed by atoms with Crippen molar-refractivity contribution in [2.24, 2.45) is 0 Å². The normalized spacial score (nSPS) is 23.8. The molecule has 0 spiro atoms. The van der Waals surface area contributed by atoms with Crippen molar-refractivity contribution in [2.75, 3.05) is 47.8 Å². The number of methoxy groups -OCH3 is 3. The van der Waals surface area contributed by atoms with E-state index in [2.05, 4.69) is 0 Å². The molecule has 5 heteroatoms. The van der Waals surface area contributed by atoms with Crippen molar-refractivity contribution in [3.05, 3.63) is 0 Å². The van der Waals surface area contributed by atoms with Gasteiger partial charge in [-0.05, 0) is 0 Å². The Bertz CT molecular complexity index is 160. The van der Waals surface area contributed by atoms with Crippen LogP contribution in [0.1, 0.15) is 0 Å². The molecule has 1 rings (SSSR count). The zero-order valence-electron chi connectivity index (χ0n) is 9.60. The molecule has 0 bridgehead atoms. The summed E-state index contributed by atoms with van der Waals surface area (Å²) in [6.45, 7) is 2.34. The number of rotatable bonds is 9. The summed E-state index contributed by atoms with van der Waals surface area (Å²) in [6.07, 6.45) is 0.155. The maximum absolute atomic E-state index is 5.66. The minimum atomic E-state index is -0.0342. The lowest BCUT2D eigenvalue weighted by atomic mass is 10.3. The van der Waals surface area contributed by atoms with Crippen molar-refractivity contribution in [3.8, 4) is 0 Å². The minimum Gasteiger partial charge on any atom is -0.382 e.